The van der Waals surface area contributed by atoms with Gasteiger partial charge in [-0.2, -0.15) is 0 Å². The molecule has 0 saturated heterocycles. The molecule has 0 saturated carbocycles. The fourth-order valence-electron chi connectivity index (χ4n) is 5.36. The SMILES string of the molecule is COc1ccc(C(NC(=O)C[C@@H](NOC(=O)CC2c3ccccc3-c3ccccc32)C(=O)O)c2ccc(OC)cc2)cc1. The molecule has 1 amide bonds. The highest BCUT2D eigenvalue weighted by Crippen LogP contribution is 2.46. The maximum absolute atomic E-state index is 13.2. The second-order valence-electron chi connectivity index (χ2n) is 10.2. The summed E-state index contributed by atoms with van der Waals surface area (Å²) in [6.45, 7) is 0. The summed E-state index contributed by atoms with van der Waals surface area (Å²) in [5.74, 6) is -1.41. The average molecular weight is 581 g/mol. The number of fused-ring (bicyclic) bond motifs is 3. The van der Waals surface area contributed by atoms with E-state index in [1.807, 2.05) is 72.8 Å². The number of hydroxylamine groups is 1. The smallest absolute Gasteiger partial charge is 0.325 e. The van der Waals surface area contributed by atoms with E-state index >= 15 is 0 Å². The minimum absolute atomic E-state index is 0.0105. The molecule has 1 atom stereocenters. The van der Waals surface area contributed by atoms with Crippen molar-refractivity contribution in [3.8, 4) is 22.6 Å². The fraction of sp³-hybridized carbons (Fsp3) is 0.206. The molecular formula is C34H32N2O7. The first-order valence-electron chi connectivity index (χ1n) is 13.8. The van der Waals surface area contributed by atoms with Gasteiger partial charge in [0.1, 0.15) is 17.5 Å². The molecular weight excluding hydrogens is 548 g/mol. The molecule has 1 aliphatic rings. The number of carbonyl (C=O) groups excluding carboxylic acids is 2. The quantitative estimate of drug-likeness (QED) is 0.200. The Hall–Kier alpha value is -5.15. The summed E-state index contributed by atoms with van der Waals surface area (Å²) >= 11 is 0. The molecule has 0 spiro atoms. The fourth-order valence-corrected chi connectivity index (χ4v) is 5.36. The zero-order chi connectivity index (χ0) is 30.3. The van der Waals surface area contributed by atoms with E-state index in [-0.39, 0.29) is 12.3 Å². The van der Waals surface area contributed by atoms with E-state index in [4.69, 9.17) is 14.3 Å². The third kappa shape index (κ3) is 6.68. The van der Waals surface area contributed by atoms with Crippen molar-refractivity contribution >= 4 is 17.8 Å². The van der Waals surface area contributed by atoms with E-state index in [1.54, 1.807) is 38.5 Å². The first-order chi connectivity index (χ1) is 20.9. The molecule has 0 aliphatic heterocycles. The molecule has 0 unspecified atom stereocenters. The van der Waals surface area contributed by atoms with E-state index in [0.717, 1.165) is 33.4 Å². The number of ether oxygens (including phenoxy) is 2. The van der Waals surface area contributed by atoms with E-state index in [2.05, 4.69) is 10.8 Å². The number of amides is 1. The number of carbonyl (C=O) groups is 3. The van der Waals surface area contributed by atoms with Gasteiger partial charge in [-0.3, -0.25) is 14.4 Å². The van der Waals surface area contributed by atoms with E-state index < -0.39 is 36.4 Å². The maximum atomic E-state index is 13.2. The van der Waals surface area contributed by atoms with E-state index in [0.29, 0.717) is 11.5 Å². The Morgan fingerprint density at radius 1 is 0.744 bits per heavy atom. The van der Waals surface area contributed by atoms with Gasteiger partial charge in [0.25, 0.3) is 0 Å². The van der Waals surface area contributed by atoms with Gasteiger partial charge in [0.05, 0.1) is 33.1 Å². The summed E-state index contributed by atoms with van der Waals surface area (Å²) in [5, 5.41) is 12.7. The van der Waals surface area contributed by atoms with E-state index in [9.17, 15) is 19.5 Å². The second-order valence-corrected chi connectivity index (χ2v) is 10.2. The van der Waals surface area contributed by atoms with Crippen LogP contribution >= 0.6 is 0 Å². The van der Waals surface area contributed by atoms with Crippen LogP contribution < -0.4 is 20.3 Å². The normalized spacial score (nSPS) is 12.6. The summed E-state index contributed by atoms with van der Waals surface area (Å²) in [6.07, 6.45) is -0.461. The molecule has 4 aromatic carbocycles. The van der Waals surface area contributed by atoms with Crippen molar-refractivity contribution in [3.63, 3.8) is 0 Å². The van der Waals surface area contributed by atoms with Gasteiger partial charge in [-0.25, -0.2) is 0 Å². The van der Waals surface area contributed by atoms with Crippen LogP contribution in [0, 0.1) is 0 Å². The van der Waals surface area contributed by atoms with Crippen molar-refractivity contribution in [2.45, 2.75) is 30.8 Å². The van der Waals surface area contributed by atoms with Gasteiger partial charge in [-0.1, -0.05) is 72.8 Å². The number of aliphatic carboxylic acids is 1. The van der Waals surface area contributed by atoms with Gasteiger partial charge in [0.2, 0.25) is 5.91 Å². The second kappa shape index (κ2) is 13.2. The Bertz CT molecular complexity index is 1510. The first kappa shape index (κ1) is 29.3. The standard InChI is InChI=1S/C34H32N2O7/c1-41-23-15-11-21(12-16-23)33(22-13-17-24(42-2)18-14-22)35-31(37)20-30(34(39)40)36-43-32(38)19-29-27-9-5-3-7-25(27)26-8-4-6-10-28(26)29/h3-18,29-30,33,36H,19-20H2,1-2H3,(H,35,37)(H,39,40)/t30-/m1/s1. The van der Waals surface area contributed by atoms with Crippen LogP contribution in [0.5, 0.6) is 11.5 Å². The molecule has 43 heavy (non-hydrogen) atoms. The molecule has 220 valence electrons. The van der Waals surface area contributed by atoms with Crippen molar-refractivity contribution in [3.05, 3.63) is 119 Å². The molecule has 9 heteroatoms. The largest absolute Gasteiger partial charge is 0.497 e. The predicted molar refractivity (Wildman–Crippen MR) is 160 cm³/mol. The Balaban J connectivity index is 1.25. The van der Waals surface area contributed by atoms with Crippen LogP contribution in [0.15, 0.2) is 97.1 Å². The number of carboxylic acid groups (broad SMARTS) is 1. The van der Waals surface area contributed by atoms with Crippen LogP contribution in [-0.4, -0.2) is 43.2 Å². The Kier molecular flexibility index (Phi) is 9.02. The van der Waals surface area contributed by atoms with Crippen LogP contribution in [-0.2, 0) is 19.2 Å². The molecule has 3 N–H and O–H groups in total. The average Bonchev–Trinajstić information content (AvgIpc) is 3.35. The van der Waals surface area contributed by atoms with Crippen LogP contribution in [0.2, 0.25) is 0 Å². The summed E-state index contributed by atoms with van der Waals surface area (Å²) in [6, 6.07) is 28.1. The summed E-state index contributed by atoms with van der Waals surface area (Å²) in [4.78, 5) is 43.3. The first-order valence-corrected chi connectivity index (χ1v) is 13.8. The monoisotopic (exact) mass is 580 g/mol. The molecule has 1 aliphatic carbocycles. The van der Waals surface area contributed by atoms with Gasteiger partial charge >= 0.3 is 11.9 Å². The Labute approximate surface area is 249 Å². The molecule has 0 fully saturated rings. The lowest BCUT2D eigenvalue weighted by molar-refractivity contribution is -0.159. The van der Waals surface area contributed by atoms with Gasteiger partial charge in [0.15, 0.2) is 0 Å². The van der Waals surface area contributed by atoms with Gasteiger partial charge in [-0.15, -0.1) is 5.48 Å². The number of hydrogen-bond acceptors (Lipinski definition) is 7. The number of methoxy groups -OCH3 is 2. The molecule has 0 bridgehead atoms. The lowest BCUT2D eigenvalue weighted by Gasteiger charge is -2.22. The minimum Gasteiger partial charge on any atom is -0.497 e. The van der Waals surface area contributed by atoms with Gasteiger partial charge < -0.3 is 24.7 Å². The number of hydrogen-bond donors (Lipinski definition) is 3. The molecule has 0 aromatic heterocycles. The Morgan fingerprint density at radius 2 is 1.23 bits per heavy atom. The third-order valence-electron chi connectivity index (χ3n) is 7.54. The molecule has 5 rings (SSSR count). The van der Waals surface area contributed by atoms with Crippen molar-refractivity contribution in [2.24, 2.45) is 0 Å². The van der Waals surface area contributed by atoms with Crippen molar-refractivity contribution < 1.29 is 33.8 Å². The molecule has 9 nitrogen and oxygen atoms in total. The number of benzene rings is 4. The lowest BCUT2D eigenvalue weighted by Crippen LogP contribution is -2.43. The van der Waals surface area contributed by atoms with Crippen LogP contribution in [0.4, 0.5) is 0 Å². The third-order valence-corrected chi connectivity index (χ3v) is 7.54. The number of nitrogens with one attached hydrogen (secondary N) is 2. The van der Waals surface area contributed by atoms with Crippen molar-refractivity contribution in [1.82, 2.24) is 10.8 Å². The summed E-state index contributed by atoms with van der Waals surface area (Å²) in [5.41, 5.74) is 7.99. The van der Waals surface area contributed by atoms with Gasteiger partial charge in [0, 0.05) is 5.92 Å². The highest BCUT2D eigenvalue weighted by molar-refractivity contribution is 5.85. The van der Waals surface area contributed by atoms with Crippen LogP contribution in [0.25, 0.3) is 11.1 Å². The van der Waals surface area contributed by atoms with Crippen molar-refractivity contribution in [1.29, 1.82) is 0 Å². The topological polar surface area (TPSA) is 123 Å². The van der Waals surface area contributed by atoms with Gasteiger partial charge in [-0.05, 0) is 57.6 Å². The minimum atomic E-state index is -1.46. The predicted octanol–water partition coefficient (Wildman–Crippen LogP) is 5.00. The molecule has 4 aromatic rings. The zero-order valence-electron chi connectivity index (χ0n) is 23.8. The summed E-state index contributed by atoms with van der Waals surface area (Å²) in [7, 11) is 3.13. The highest BCUT2D eigenvalue weighted by atomic mass is 16.7. The van der Waals surface area contributed by atoms with Crippen LogP contribution in [0.3, 0.4) is 0 Å². The zero-order valence-corrected chi connectivity index (χ0v) is 23.8. The Morgan fingerprint density at radius 3 is 1.70 bits per heavy atom. The number of carboxylic acids is 1. The van der Waals surface area contributed by atoms with E-state index in [1.165, 1.54) is 0 Å². The number of rotatable bonds is 12. The highest BCUT2D eigenvalue weighted by Gasteiger charge is 2.31. The van der Waals surface area contributed by atoms with Crippen molar-refractivity contribution in [2.75, 3.05) is 14.2 Å². The molecule has 0 radical (unpaired) electrons. The molecule has 0 heterocycles. The lowest BCUT2D eigenvalue weighted by atomic mass is 9.94. The summed E-state index contributed by atoms with van der Waals surface area (Å²) < 4.78 is 10.5. The van der Waals surface area contributed by atoms with Crippen LogP contribution in [0.1, 0.15) is 47.1 Å². The maximum Gasteiger partial charge on any atom is 0.325 e.